The third-order valence-electron chi connectivity index (χ3n) is 2.41. The van der Waals surface area contributed by atoms with Gasteiger partial charge in [0.2, 0.25) is 0 Å². The van der Waals surface area contributed by atoms with Crippen LogP contribution in [-0.2, 0) is 0 Å². The van der Waals surface area contributed by atoms with E-state index in [1.807, 2.05) is 6.92 Å². The van der Waals surface area contributed by atoms with Crippen LogP contribution in [0.4, 0.5) is 0 Å². The molecule has 1 N–H and O–H groups in total. The number of aliphatic hydroxyl groups excluding tert-OH is 1. The van der Waals surface area contributed by atoms with E-state index in [-0.39, 0.29) is 0 Å². The lowest BCUT2D eigenvalue weighted by Gasteiger charge is -2.16. The fraction of sp³-hybridized carbons (Fsp3) is 0.417. The second-order valence-corrected chi connectivity index (χ2v) is 4.45. The molecule has 0 fully saturated rings. The standard InChI is InChI=1S/C12H13Cl2NO/c1-2-3-12(16)9(7-15)8-4-5-10(13)11(14)6-8/h4-6,9,12,16H,2-3H2,1H3. The molecule has 0 aliphatic carbocycles. The van der Waals surface area contributed by atoms with Gasteiger partial charge in [-0.25, -0.2) is 0 Å². The summed E-state index contributed by atoms with van der Waals surface area (Å²) in [6.45, 7) is 1.96. The van der Waals surface area contributed by atoms with E-state index in [0.29, 0.717) is 22.0 Å². The highest BCUT2D eigenvalue weighted by Gasteiger charge is 2.20. The smallest absolute Gasteiger partial charge is 0.0972 e. The lowest BCUT2D eigenvalue weighted by Crippen LogP contribution is -2.16. The van der Waals surface area contributed by atoms with Gasteiger partial charge in [-0.05, 0) is 24.1 Å². The molecule has 1 aromatic rings. The van der Waals surface area contributed by atoms with Crippen LogP contribution in [0.15, 0.2) is 18.2 Å². The van der Waals surface area contributed by atoms with Gasteiger partial charge in [-0.15, -0.1) is 0 Å². The molecule has 2 unspecified atom stereocenters. The molecule has 1 rings (SSSR count). The van der Waals surface area contributed by atoms with Gasteiger partial charge in [0, 0.05) is 0 Å². The summed E-state index contributed by atoms with van der Waals surface area (Å²) in [6, 6.07) is 7.10. The Balaban J connectivity index is 2.96. The molecule has 0 aliphatic heterocycles. The predicted molar refractivity (Wildman–Crippen MR) is 65.7 cm³/mol. The van der Waals surface area contributed by atoms with Crippen LogP contribution in [0.1, 0.15) is 31.2 Å². The van der Waals surface area contributed by atoms with Gasteiger partial charge in [-0.3, -0.25) is 0 Å². The second kappa shape index (κ2) is 6.10. The normalized spacial score (nSPS) is 14.2. The fourth-order valence-electron chi connectivity index (χ4n) is 1.55. The summed E-state index contributed by atoms with van der Waals surface area (Å²) in [5.41, 5.74) is 0.706. The van der Waals surface area contributed by atoms with Gasteiger partial charge in [-0.2, -0.15) is 5.26 Å². The van der Waals surface area contributed by atoms with Crippen molar-refractivity contribution in [3.63, 3.8) is 0 Å². The van der Waals surface area contributed by atoms with E-state index < -0.39 is 12.0 Å². The van der Waals surface area contributed by atoms with E-state index in [1.54, 1.807) is 18.2 Å². The Morgan fingerprint density at radius 3 is 2.56 bits per heavy atom. The van der Waals surface area contributed by atoms with Crippen LogP contribution in [0, 0.1) is 11.3 Å². The van der Waals surface area contributed by atoms with E-state index in [9.17, 15) is 5.11 Å². The Kier molecular flexibility index (Phi) is 5.08. The van der Waals surface area contributed by atoms with Crippen LogP contribution < -0.4 is 0 Å². The zero-order valence-electron chi connectivity index (χ0n) is 8.95. The third kappa shape index (κ3) is 3.12. The minimum absolute atomic E-state index is 0.406. The molecule has 2 nitrogen and oxygen atoms in total. The SMILES string of the molecule is CCCC(O)C(C#N)c1ccc(Cl)c(Cl)c1. The number of aliphatic hydroxyl groups is 1. The second-order valence-electron chi connectivity index (χ2n) is 3.64. The van der Waals surface area contributed by atoms with Crippen molar-refractivity contribution in [1.82, 2.24) is 0 Å². The van der Waals surface area contributed by atoms with Crippen molar-refractivity contribution < 1.29 is 5.11 Å². The van der Waals surface area contributed by atoms with Gasteiger partial charge in [0.15, 0.2) is 0 Å². The quantitative estimate of drug-likeness (QED) is 0.893. The van der Waals surface area contributed by atoms with Crippen molar-refractivity contribution in [1.29, 1.82) is 5.26 Å². The molecule has 86 valence electrons. The molecule has 0 bridgehead atoms. The van der Waals surface area contributed by atoms with Crippen LogP contribution in [0.3, 0.4) is 0 Å². The van der Waals surface area contributed by atoms with Gasteiger partial charge in [-0.1, -0.05) is 42.6 Å². The summed E-state index contributed by atoms with van der Waals surface area (Å²) >= 11 is 11.7. The third-order valence-corrected chi connectivity index (χ3v) is 3.15. The van der Waals surface area contributed by atoms with Crippen LogP contribution >= 0.6 is 23.2 Å². The minimum atomic E-state index is -0.660. The van der Waals surface area contributed by atoms with Crippen LogP contribution in [-0.4, -0.2) is 11.2 Å². The maximum atomic E-state index is 9.82. The highest BCUT2D eigenvalue weighted by Crippen LogP contribution is 2.28. The predicted octanol–water partition coefficient (Wildman–Crippen LogP) is 3.76. The van der Waals surface area contributed by atoms with Crippen molar-refractivity contribution in [2.75, 3.05) is 0 Å². The van der Waals surface area contributed by atoms with Gasteiger partial charge in [0.25, 0.3) is 0 Å². The zero-order valence-corrected chi connectivity index (χ0v) is 10.5. The summed E-state index contributed by atoms with van der Waals surface area (Å²) in [5, 5.41) is 19.7. The van der Waals surface area contributed by atoms with Crippen LogP contribution in [0.25, 0.3) is 0 Å². The molecule has 0 amide bonds. The Bertz CT molecular complexity index is 400. The topological polar surface area (TPSA) is 44.0 Å². The number of benzene rings is 1. The summed E-state index contributed by atoms with van der Waals surface area (Å²) in [4.78, 5) is 0. The highest BCUT2D eigenvalue weighted by atomic mass is 35.5. The van der Waals surface area contributed by atoms with Crippen molar-refractivity contribution in [2.45, 2.75) is 31.8 Å². The average Bonchev–Trinajstić information content (AvgIpc) is 2.25. The van der Waals surface area contributed by atoms with E-state index in [2.05, 4.69) is 6.07 Å². The largest absolute Gasteiger partial charge is 0.391 e. The monoisotopic (exact) mass is 257 g/mol. The van der Waals surface area contributed by atoms with Crippen molar-refractivity contribution >= 4 is 23.2 Å². The summed E-state index contributed by atoms with van der Waals surface area (Å²) in [6.07, 6.45) is 0.770. The Hall–Kier alpha value is -0.750. The maximum Gasteiger partial charge on any atom is 0.0972 e. The molecule has 16 heavy (non-hydrogen) atoms. The first-order valence-electron chi connectivity index (χ1n) is 5.12. The van der Waals surface area contributed by atoms with Crippen molar-refractivity contribution in [3.05, 3.63) is 33.8 Å². The maximum absolute atomic E-state index is 9.82. The first kappa shape index (κ1) is 13.3. The first-order valence-corrected chi connectivity index (χ1v) is 5.88. The van der Waals surface area contributed by atoms with Crippen molar-refractivity contribution in [3.8, 4) is 6.07 Å². The number of nitrogens with zero attached hydrogens (tertiary/aromatic N) is 1. The lowest BCUT2D eigenvalue weighted by molar-refractivity contribution is 0.150. The van der Waals surface area contributed by atoms with E-state index >= 15 is 0 Å². The van der Waals surface area contributed by atoms with Crippen LogP contribution in [0.2, 0.25) is 10.0 Å². The molecule has 0 aliphatic rings. The zero-order chi connectivity index (χ0) is 12.1. The Morgan fingerprint density at radius 1 is 1.38 bits per heavy atom. The number of nitriles is 1. The summed E-state index contributed by atoms with van der Waals surface area (Å²) in [5.74, 6) is -0.547. The molecule has 0 spiro atoms. The van der Waals surface area contributed by atoms with Gasteiger partial charge >= 0.3 is 0 Å². The van der Waals surface area contributed by atoms with E-state index in [0.717, 1.165) is 6.42 Å². The number of rotatable bonds is 4. The lowest BCUT2D eigenvalue weighted by atomic mass is 9.92. The highest BCUT2D eigenvalue weighted by molar-refractivity contribution is 6.42. The van der Waals surface area contributed by atoms with E-state index in [1.165, 1.54) is 0 Å². The minimum Gasteiger partial charge on any atom is -0.391 e. The van der Waals surface area contributed by atoms with E-state index in [4.69, 9.17) is 28.5 Å². The summed E-state index contributed by atoms with van der Waals surface area (Å²) in [7, 11) is 0. The molecule has 0 saturated carbocycles. The fourth-order valence-corrected chi connectivity index (χ4v) is 1.86. The van der Waals surface area contributed by atoms with Gasteiger partial charge in [0.1, 0.15) is 0 Å². The molecule has 2 atom stereocenters. The Morgan fingerprint density at radius 2 is 2.06 bits per heavy atom. The van der Waals surface area contributed by atoms with Crippen LogP contribution in [0.5, 0.6) is 0 Å². The number of hydrogen-bond acceptors (Lipinski definition) is 2. The summed E-state index contributed by atoms with van der Waals surface area (Å²) < 4.78 is 0. The van der Waals surface area contributed by atoms with Gasteiger partial charge in [0.05, 0.1) is 28.1 Å². The number of halogens is 2. The first-order chi connectivity index (χ1) is 7.60. The molecule has 0 heterocycles. The molecule has 0 saturated heterocycles. The number of hydrogen-bond donors (Lipinski definition) is 1. The van der Waals surface area contributed by atoms with Crippen molar-refractivity contribution in [2.24, 2.45) is 0 Å². The molecule has 0 radical (unpaired) electrons. The molecule has 1 aromatic carbocycles. The average molecular weight is 258 g/mol. The molecule has 0 aromatic heterocycles. The molecular formula is C12H13Cl2NO. The molecule has 4 heteroatoms. The van der Waals surface area contributed by atoms with Gasteiger partial charge < -0.3 is 5.11 Å². The Labute approximate surface area is 105 Å². The molecular weight excluding hydrogens is 245 g/mol.